The minimum Gasteiger partial charge on any atom is -0.475 e. The van der Waals surface area contributed by atoms with E-state index in [1.54, 1.807) is 0 Å². The first-order valence-corrected chi connectivity index (χ1v) is 14.7. The highest BCUT2D eigenvalue weighted by Gasteiger charge is 2.42. The molecule has 0 saturated carbocycles. The molecule has 0 heterocycles. The zero-order chi connectivity index (χ0) is 39.3. The number of carbonyl (C=O) groups is 4. The molecule has 0 fully saturated rings. The molecule has 1 aliphatic rings. The van der Waals surface area contributed by atoms with Crippen LogP contribution in [-0.2, 0) is 25.7 Å². The van der Waals surface area contributed by atoms with Crippen molar-refractivity contribution < 1.29 is 70.3 Å². The number of fused-ring (bicyclic) bond motifs is 1. The van der Waals surface area contributed by atoms with Gasteiger partial charge in [-0.15, -0.1) is 0 Å². The summed E-state index contributed by atoms with van der Waals surface area (Å²) in [6, 6.07) is 8.90. The Morgan fingerprint density at radius 3 is 1.98 bits per heavy atom. The van der Waals surface area contributed by atoms with Gasteiger partial charge in [0.2, 0.25) is 0 Å². The number of anilines is 1. The van der Waals surface area contributed by atoms with Crippen molar-refractivity contribution in [2.24, 2.45) is 22.4 Å². The van der Waals surface area contributed by atoms with Gasteiger partial charge < -0.3 is 47.8 Å². The topological polar surface area (TPSA) is 250 Å². The fraction of sp³-hybridized carbons (Fsp3) is 0.414. The van der Waals surface area contributed by atoms with Gasteiger partial charge in [0.1, 0.15) is 5.82 Å². The molecule has 284 valence electrons. The minimum atomic E-state index is -5.08. The fourth-order valence-corrected chi connectivity index (χ4v) is 4.78. The molecule has 0 spiro atoms. The van der Waals surface area contributed by atoms with E-state index in [9.17, 15) is 50.5 Å². The second-order valence-corrected chi connectivity index (χ2v) is 11.0. The van der Waals surface area contributed by atoms with E-state index < -0.39 is 54.1 Å². The van der Waals surface area contributed by atoms with Crippen LogP contribution in [0.3, 0.4) is 0 Å². The zero-order valence-corrected chi connectivity index (χ0v) is 27.1. The van der Waals surface area contributed by atoms with Gasteiger partial charge in [-0.05, 0) is 60.7 Å². The number of amides is 2. The van der Waals surface area contributed by atoms with Crippen molar-refractivity contribution in [1.29, 1.82) is 0 Å². The molecular weight excluding hydrogens is 729 g/mol. The summed E-state index contributed by atoms with van der Waals surface area (Å²) in [5.41, 5.74) is 14.0. The van der Waals surface area contributed by atoms with Gasteiger partial charge in [0.25, 0.3) is 0 Å². The molecule has 0 saturated heterocycles. The third-order valence-corrected chi connectivity index (χ3v) is 7.18. The predicted molar refractivity (Wildman–Crippen MR) is 167 cm³/mol. The van der Waals surface area contributed by atoms with Gasteiger partial charge in [0.05, 0.1) is 23.8 Å². The van der Waals surface area contributed by atoms with Crippen molar-refractivity contribution >= 4 is 47.0 Å². The second-order valence-electron chi connectivity index (χ2n) is 10.6. The summed E-state index contributed by atoms with van der Waals surface area (Å²) in [4.78, 5) is 47.5. The highest BCUT2D eigenvalue weighted by atomic mass is 35.5. The van der Waals surface area contributed by atoms with E-state index in [1.165, 1.54) is 12.1 Å². The SMILES string of the molecule is CNCc1ccc2c(c1)[C@@H](CCC(O)CO)[C@H](CN=C(N)N)[C@H]2NC(=O)C(=O)Nc1ccc(Cl)c(F)c1.O=C(O)C(F)(F)F.O=C(O)C(F)(F)F. The standard InChI is InChI=1S/C25H32ClFN6O4.2C2HF3O2/c1-30-10-13-2-5-17-18(8-13)16(6-4-15(35)12-34)19(11-31-25(28)29)22(17)33-24(37)23(36)32-14-3-7-20(26)21(27)9-14;2*3-2(4,5)1(6)7/h2-3,5,7-9,15-16,19,22,30,34-35H,4,6,10-12H2,1H3,(H,32,36)(H,33,37)(H4,28,29,31);2*(H,6,7)/t15?,16-,19+,22+;;/m1../s1. The van der Waals surface area contributed by atoms with Gasteiger partial charge in [-0.25, -0.2) is 14.0 Å². The minimum absolute atomic E-state index is 0.0819. The van der Waals surface area contributed by atoms with Crippen molar-refractivity contribution in [2.45, 2.75) is 49.8 Å². The lowest BCUT2D eigenvalue weighted by Crippen LogP contribution is -2.40. The van der Waals surface area contributed by atoms with E-state index in [4.69, 9.17) is 42.9 Å². The summed E-state index contributed by atoms with van der Waals surface area (Å²) in [6.07, 6.45) is -10.3. The highest BCUT2D eigenvalue weighted by molar-refractivity contribution is 6.39. The summed E-state index contributed by atoms with van der Waals surface area (Å²) in [7, 11) is 1.83. The van der Waals surface area contributed by atoms with Gasteiger partial charge in [-0.2, -0.15) is 26.3 Å². The summed E-state index contributed by atoms with van der Waals surface area (Å²) in [5, 5.41) is 41.7. The number of aliphatic imine (C=N–C) groups is 1. The Morgan fingerprint density at radius 2 is 1.51 bits per heavy atom. The number of aliphatic hydroxyl groups is 2. The Labute approximate surface area is 289 Å². The van der Waals surface area contributed by atoms with Gasteiger partial charge in [-0.1, -0.05) is 29.8 Å². The van der Waals surface area contributed by atoms with Crippen molar-refractivity contribution in [1.82, 2.24) is 10.6 Å². The van der Waals surface area contributed by atoms with E-state index >= 15 is 0 Å². The van der Waals surface area contributed by atoms with Crippen molar-refractivity contribution in [3.63, 3.8) is 0 Å². The molecule has 1 unspecified atom stereocenters. The Balaban J connectivity index is 0.000000780. The summed E-state index contributed by atoms with van der Waals surface area (Å²) in [6.45, 7) is 0.408. The van der Waals surface area contributed by atoms with Crippen LogP contribution in [0.25, 0.3) is 0 Å². The third kappa shape index (κ3) is 14.6. The number of alkyl halides is 6. The predicted octanol–water partition coefficient (Wildman–Crippen LogP) is 2.38. The number of benzene rings is 2. The average molecular weight is 763 g/mol. The van der Waals surface area contributed by atoms with Gasteiger partial charge in [0.15, 0.2) is 5.96 Å². The smallest absolute Gasteiger partial charge is 0.475 e. The first-order chi connectivity index (χ1) is 23.5. The number of guanidine groups is 1. The molecule has 0 aromatic heterocycles. The van der Waals surface area contributed by atoms with Crippen molar-refractivity contribution in [3.05, 3.63) is 63.9 Å². The molecule has 3 rings (SSSR count). The quantitative estimate of drug-likeness (QED) is 0.0736. The van der Waals surface area contributed by atoms with Crippen molar-refractivity contribution in [2.75, 3.05) is 25.5 Å². The molecular formula is C29H34ClF7N6O8. The highest BCUT2D eigenvalue weighted by Crippen LogP contribution is 2.48. The maximum absolute atomic E-state index is 13.8. The van der Waals surface area contributed by atoms with E-state index in [1.807, 2.05) is 25.2 Å². The summed E-state index contributed by atoms with van der Waals surface area (Å²) in [5.74, 6) is -8.76. The molecule has 2 aromatic carbocycles. The molecule has 0 radical (unpaired) electrons. The number of hydrogen-bond donors (Lipinski definition) is 9. The first-order valence-electron chi connectivity index (χ1n) is 14.3. The summed E-state index contributed by atoms with van der Waals surface area (Å²) >= 11 is 5.68. The zero-order valence-electron chi connectivity index (χ0n) is 26.4. The maximum Gasteiger partial charge on any atom is 0.490 e. The Kier molecular flexibility index (Phi) is 17.0. The van der Waals surface area contributed by atoms with Crippen LogP contribution in [0.5, 0.6) is 0 Å². The number of nitrogens with zero attached hydrogens (tertiary/aromatic N) is 1. The van der Waals surface area contributed by atoms with Gasteiger partial charge in [-0.3, -0.25) is 14.6 Å². The van der Waals surface area contributed by atoms with E-state index in [2.05, 4.69) is 20.9 Å². The lowest BCUT2D eigenvalue weighted by atomic mass is 9.85. The molecule has 4 atom stereocenters. The molecule has 2 amide bonds. The Morgan fingerprint density at radius 1 is 0.941 bits per heavy atom. The number of carboxylic acid groups (broad SMARTS) is 2. The molecule has 14 nitrogen and oxygen atoms in total. The molecule has 22 heteroatoms. The largest absolute Gasteiger partial charge is 0.490 e. The molecule has 11 N–H and O–H groups in total. The lowest BCUT2D eigenvalue weighted by molar-refractivity contribution is -0.193. The van der Waals surface area contributed by atoms with Crippen LogP contribution >= 0.6 is 11.6 Å². The fourth-order valence-electron chi connectivity index (χ4n) is 4.67. The normalized spacial score (nSPS) is 17.0. The van der Waals surface area contributed by atoms with E-state index in [-0.39, 0.29) is 41.7 Å². The summed E-state index contributed by atoms with van der Waals surface area (Å²) < 4.78 is 77.2. The molecule has 1 aliphatic carbocycles. The molecule has 0 aliphatic heterocycles. The van der Waals surface area contributed by atoms with Crippen LogP contribution in [-0.4, -0.2) is 88.8 Å². The lowest BCUT2D eigenvalue weighted by Gasteiger charge is -2.25. The molecule has 51 heavy (non-hydrogen) atoms. The molecule has 2 aromatic rings. The van der Waals surface area contributed by atoms with Crippen LogP contribution < -0.4 is 27.4 Å². The number of hydrogen-bond acceptors (Lipinski definition) is 8. The number of nitrogens with two attached hydrogens (primary N) is 2. The number of carbonyl (C=O) groups excluding carboxylic acids is 2. The van der Waals surface area contributed by atoms with Crippen LogP contribution in [0.4, 0.5) is 36.4 Å². The average Bonchev–Trinajstić information content (AvgIpc) is 3.31. The second kappa shape index (κ2) is 19.6. The van der Waals surface area contributed by atoms with Crippen LogP contribution in [0.2, 0.25) is 5.02 Å². The van der Waals surface area contributed by atoms with E-state index in [0.717, 1.165) is 22.8 Å². The third-order valence-electron chi connectivity index (χ3n) is 6.87. The van der Waals surface area contributed by atoms with Crippen LogP contribution in [0, 0.1) is 11.7 Å². The Hall–Kier alpha value is -4.73. The van der Waals surface area contributed by atoms with E-state index in [0.29, 0.717) is 19.4 Å². The maximum atomic E-state index is 13.8. The molecule has 0 bridgehead atoms. The first kappa shape index (κ1) is 44.3. The van der Waals surface area contributed by atoms with Gasteiger partial charge in [0, 0.05) is 24.7 Å². The number of aliphatic hydroxyl groups excluding tert-OH is 2. The number of nitrogens with one attached hydrogen (secondary N) is 3. The number of aliphatic carboxylic acids is 2. The number of carboxylic acids is 2. The van der Waals surface area contributed by atoms with Crippen LogP contribution in [0.1, 0.15) is 41.5 Å². The monoisotopic (exact) mass is 762 g/mol. The van der Waals surface area contributed by atoms with Gasteiger partial charge >= 0.3 is 36.1 Å². The number of halogens is 8. The van der Waals surface area contributed by atoms with Crippen molar-refractivity contribution in [3.8, 4) is 0 Å². The van der Waals surface area contributed by atoms with Crippen LogP contribution in [0.15, 0.2) is 41.4 Å². The Bertz CT molecular complexity index is 1530. The number of rotatable bonds is 10.